The number of rotatable bonds is 2. The highest BCUT2D eigenvalue weighted by Gasteiger charge is 2.11. The molecule has 0 unspecified atom stereocenters. The van der Waals surface area contributed by atoms with Crippen LogP contribution in [0.2, 0.25) is 5.02 Å². The Labute approximate surface area is 157 Å². The van der Waals surface area contributed by atoms with Gasteiger partial charge in [0.15, 0.2) is 7.05 Å². The number of halogens is 1. The summed E-state index contributed by atoms with van der Waals surface area (Å²) in [5.41, 5.74) is 0.522. The predicted octanol–water partition coefficient (Wildman–Crippen LogP) is 5.88. The van der Waals surface area contributed by atoms with Crippen LogP contribution >= 0.6 is 11.6 Å². The third-order valence-corrected chi connectivity index (χ3v) is 2.35. The van der Waals surface area contributed by atoms with Gasteiger partial charge in [0, 0.05) is 16.9 Å². The van der Waals surface area contributed by atoms with Crippen LogP contribution in [0.3, 0.4) is 0 Å². The highest BCUT2D eigenvalue weighted by atomic mass is 35.5. The van der Waals surface area contributed by atoms with Crippen molar-refractivity contribution in [1.82, 2.24) is 0 Å². The molecule has 1 rings (SSSR count). The number of nitrogens with zero attached hydrogens (tertiary/aromatic N) is 1. The number of esters is 1. The minimum Gasteiger partial charge on any atom is -0.466 e. The summed E-state index contributed by atoms with van der Waals surface area (Å²) in [7, 11) is 0.889. The molecule has 0 saturated carbocycles. The van der Waals surface area contributed by atoms with Crippen LogP contribution in [0.5, 0.6) is 0 Å². The average Bonchev–Trinajstić information content (AvgIpc) is 2.37. The summed E-state index contributed by atoms with van der Waals surface area (Å²) in [6.45, 7) is 15.0. The Morgan fingerprint density at radius 2 is 1.64 bits per heavy atom. The molecule has 0 aliphatic heterocycles. The summed E-state index contributed by atoms with van der Waals surface area (Å²) in [5, 5.41) is 9.60. The molecule has 6 heteroatoms. The lowest BCUT2D eigenvalue weighted by atomic mass is 9.86. The number of carbonyl (C=O) groups is 1. The van der Waals surface area contributed by atoms with Gasteiger partial charge in [0.2, 0.25) is 0 Å². The zero-order valence-corrected chi connectivity index (χ0v) is 17.6. The molecule has 0 fully saturated rings. The molecular formula is C19H34ClNO4. The van der Waals surface area contributed by atoms with Crippen LogP contribution in [0.25, 0.3) is 0 Å². The van der Waals surface area contributed by atoms with Gasteiger partial charge in [-0.1, -0.05) is 64.4 Å². The van der Waals surface area contributed by atoms with Gasteiger partial charge in [-0.2, -0.15) is 0 Å². The first-order valence-electron chi connectivity index (χ1n) is 8.23. The number of carbonyl (C=O) groups excluding carboxylic acids is 1. The largest absolute Gasteiger partial charge is 0.466 e. The molecule has 25 heavy (non-hydrogen) atoms. The van der Waals surface area contributed by atoms with Gasteiger partial charge >= 0.3 is 5.97 Å². The van der Waals surface area contributed by atoms with Gasteiger partial charge in [-0.3, -0.25) is 14.9 Å². The van der Waals surface area contributed by atoms with Gasteiger partial charge in [-0.15, -0.1) is 0 Å². The van der Waals surface area contributed by atoms with E-state index in [0.29, 0.717) is 12.0 Å². The Morgan fingerprint density at radius 3 is 1.72 bits per heavy atom. The number of hydrogen-bond acceptors (Lipinski definition) is 4. The van der Waals surface area contributed by atoms with Gasteiger partial charge in [0.25, 0.3) is 0 Å². The second-order valence-corrected chi connectivity index (χ2v) is 7.25. The fourth-order valence-corrected chi connectivity index (χ4v) is 1.99. The standard InChI is InChI=1S/C8H18.C6H5Cl.C4H8O2.CH3NO2/c1-7(2)6-8(3,4)5;7-6-4-2-1-3-5-6;1-3-6-4(2)5;1-2(3)4/h7H,6H2,1-5H3;1-5H;3H2,1-2H3;1H3. The fourth-order valence-electron chi connectivity index (χ4n) is 1.84. The molecule has 146 valence electrons. The molecule has 0 bridgehead atoms. The van der Waals surface area contributed by atoms with E-state index < -0.39 is 4.92 Å². The Balaban J connectivity index is -0.000000265. The van der Waals surface area contributed by atoms with Crippen molar-refractivity contribution in [1.29, 1.82) is 0 Å². The molecule has 0 atom stereocenters. The normalized spacial score (nSPS) is 9.36. The van der Waals surface area contributed by atoms with Crippen LogP contribution in [0.4, 0.5) is 0 Å². The Bertz CT molecular complexity index is 438. The van der Waals surface area contributed by atoms with Crippen LogP contribution in [0, 0.1) is 21.4 Å². The Morgan fingerprint density at radius 1 is 1.24 bits per heavy atom. The maximum Gasteiger partial charge on any atom is 0.302 e. The number of benzene rings is 1. The third kappa shape index (κ3) is 45.0. The Kier molecular flexibility index (Phi) is 19.4. The van der Waals surface area contributed by atoms with Crippen molar-refractivity contribution in [2.75, 3.05) is 13.7 Å². The molecule has 0 aliphatic carbocycles. The van der Waals surface area contributed by atoms with Gasteiger partial charge in [0.05, 0.1) is 6.61 Å². The van der Waals surface area contributed by atoms with E-state index in [-0.39, 0.29) is 5.97 Å². The predicted molar refractivity (Wildman–Crippen MR) is 106 cm³/mol. The first-order chi connectivity index (χ1) is 11.3. The fraction of sp³-hybridized carbons (Fsp3) is 0.632. The summed E-state index contributed by atoms with van der Waals surface area (Å²) < 4.78 is 4.40. The SMILES string of the molecule is CC(C)CC(C)(C)C.CCOC(C)=O.C[N+](=O)[O-].Clc1ccccc1. The van der Waals surface area contributed by atoms with Crippen molar-refractivity contribution in [2.24, 2.45) is 11.3 Å². The molecule has 0 aromatic heterocycles. The molecule has 0 amide bonds. The van der Waals surface area contributed by atoms with Crippen LogP contribution in [-0.2, 0) is 9.53 Å². The Hall–Kier alpha value is -1.62. The van der Waals surface area contributed by atoms with Gasteiger partial charge in [-0.25, -0.2) is 0 Å². The van der Waals surface area contributed by atoms with E-state index in [1.165, 1.54) is 13.3 Å². The highest BCUT2D eigenvalue weighted by molar-refractivity contribution is 6.30. The van der Waals surface area contributed by atoms with Crippen molar-refractivity contribution in [2.45, 2.75) is 54.9 Å². The lowest BCUT2D eigenvalue weighted by molar-refractivity contribution is -0.445. The maximum atomic E-state index is 9.82. The van der Waals surface area contributed by atoms with Crippen LogP contribution in [0.15, 0.2) is 30.3 Å². The molecule has 1 aromatic rings. The van der Waals surface area contributed by atoms with Crippen molar-refractivity contribution in [3.63, 3.8) is 0 Å². The van der Waals surface area contributed by atoms with E-state index in [2.05, 4.69) is 39.4 Å². The first kappa shape index (κ1) is 28.2. The van der Waals surface area contributed by atoms with E-state index >= 15 is 0 Å². The maximum absolute atomic E-state index is 9.82. The monoisotopic (exact) mass is 375 g/mol. The number of ether oxygens (including phenoxy) is 1. The molecular weight excluding hydrogens is 342 g/mol. The van der Waals surface area contributed by atoms with Crippen molar-refractivity contribution in [3.05, 3.63) is 45.5 Å². The number of nitro groups is 1. The van der Waals surface area contributed by atoms with Crippen molar-refractivity contribution in [3.8, 4) is 0 Å². The molecule has 0 radical (unpaired) electrons. The summed E-state index contributed by atoms with van der Waals surface area (Å²) >= 11 is 5.54. The van der Waals surface area contributed by atoms with Crippen molar-refractivity contribution >= 4 is 17.6 Å². The van der Waals surface area contributed by atoms with E-state index in [1.54, 1.807) is 6.92 Å². The van der Waals surface area contributed by atoms with Crippen molar-refractivity contribution < 1.29 is 14.5 Å². The molecule has 0 spiro atoms. The molecule has 1 aromatic carbocycles. The molecule has 5 nitrogen and oxygen atoms in total. The van der Waals surface area contributed by atoms with Gasteiger partial charge < -0.3 is 4.74 Å². The van der Waals surface area contributed by atoms with E-state index in [4.69, 9.17) is 21.7 Å². The van der Waals surface area contributed by atoms with Crippen LogP contribution in [-0.4, -0.2) is 24.5 Å². The topological polar surface area (TPSA) is 69.4 Å². The van der Waals surface area contributed by atoms with Crippen LogP contribution in [0.1, 0.15) is 54.9 Å². The van der Waals surface area contributed by atoms with E-state index in [1.807, 2.05) is 30.3 Å². The summed E-state index contributed by atoms with van der Waals surface area (Å²) in [5.74, 6) is 0.632. The van der Waals surface area contributed by atoms with E-state index in [9.17, 15) is 4.79 Å². The molecule has 0 heterocycles. The summed E-state index contributed by atoms with van der Waals surface area (Å²) in [6.07, 6.45) is 1.33. The quantitative estimate of drug-likeness (QED) is 0.367. The lowest BCUT2D eigenvalue weighted by Gasteiger charge is -2.19. The van der Waals surface area contributed by atoms with Crippen LogP contribution < -0.4 is 0 Å². The minimum atomic E-state index is -0.500. The smallest absolute Gasteiger partial charge is 0.302 e. The molecule has 0 aliphatic rings. The zero-order valence-electron chi connectivity index (χ0n) is 16.8. The average molecular weight is 376 g/mol. The van der Waals surface area contributed by atoms with E-state index in [0.717, 1.165) is 18.0 Å². The second kappa shape index (κ2) is 17.2. The zero-order chi connectivity index (χ0) is 20.5. The van der Waals surface area contributed by atoms with Gasteiger partial charge in [-0.05, 0) is 36.8 Å². The third-order valence-electron chi connectivity index (χ3n) is 2.10. The van der Waals surface area contributed by atoms with Gasteiger partial charge in [0.1, 0.15) is 0 Å². The molecule has 0 saturated heterocycles. The first-order valence-corrected chi connectivity index (χ1v) is 8.61. The lowest BCUT2D eigenvalue weighted by Crippen LogP contribution is -2.08. The second-order valence-electron chi connectivity index (χ2n) is 6.82. The molecule has 0 N–H and O–H groups in total. The highest BCUT2D eigenvalue weighted by Crippen LogP contribution is 2.23. The summed E-state index contributed by atoms with van der Waals surface area (Å²) in [6, 6.07) is 9.44. The number of hydrogen-bond donors (Lipinski definition) is 0. The minimum absolute atomic E-state index is 0.211. The summed E-state index contributed by atoms with van der Waals surface area (Å²) in [4.78, 5) is 18.1.